The molecule has 0 bridgehead atoms. The second-order valence-corrected chi connectivity index (χ2v) is 10.7. The Kier molecular flexibility index (Phi) is 4.87. The lowest BCUT2D eigenvalue weighted by Gasteiger charge is -2.12. The zero-order valence-electron chi connectivity index (χ0n) is 22.5. The SMILES string of the molecule is c1ccc(-c2cn3cc(-c4cccc(-c5nc6ccccc6c6c5ccc5c7ccccc7oc56)c4)ccc3n2)cc1. The van der Waals surface area contributed by atoms with Crippen LogP contribution in [-0.4, -0.2) is 14.4 Å². The third-order valence-electron chi connectivity index (χ3n) is 8.20. The van der Waals surface area contributed by atoms with Crippen molar-refractivity contribution in [3.63, 3.8) is 0 Å². The minimum atomic E-state index is 0.898. The first-order chi connectivity index (χ1) is 20.8. The maximum Gasteiger partial charge on any atom is 0.144 e. The molecule has 4 heterocycles. The third kappa shape index (κ3) is 3.49. The smallest absolute Gasteiger partial charge is 0.144 e. The molecule has 4 heteroatoms. The Bertz CT molecular complexity index is 2470. The highest BCUT2D eigenvalue weighted by Gasteiger charge is 2.17. The van der Waals surface area contributed by atoms with Crippen LogP contribution in [0.5, 0.6) is 0 Å². The van der Waals surface area contributed by atoms with E-state index in [9.17, 15) is 0 Å². The van der Waals surface area contributed by atoms with Crippen molar-refractivity contribution in [3.8, 4) is 33.6 Å². The van der Waals surface area contributed by atoms with Crippen molar-refractivity contribution in [1.82, 2.24) is 14.4 Å². The Labute approximate surface area is 241 Å². The molecule has 0 saturated heterocycles. The highest BCUT2D eigenvalue weighted by atomic mass is 16.3. The average molecular weight is 538 g/mol. The van der Waals surface area contributed by atoms with E-state index in [1.165, 1.54) is 0 Å². The highest BCUT2D eigenvalue weighted by Crippen LogP contribution is 2.41. The minimum Gasteiger partial charge on any atom is -0.455 e. The quantitative estimate of drug-likeness (QED) is 0.211. The number of rotatable bonds is 3. The molecule has 0 radical (unpaired) electrons. The maximum atomic E-state index is 6.50. The number of pyridine rings is 2. The van der Waals surface area contributed by atoms with Gasteiger partial charge in [-0.15, -0.1) is 0 Å². The van der Waals surface area contributed by atoms with Crippen molar-refractivity contribution in [2.75, 3.05) is 0 Å². The molecule has 0 aliphatic rings. The first-order valence-electron chi connectivity index (χ1n) is 14.1. The number of hydrogen-bond acceptors (Lipinski definition) is 3. The number of para-hydroxylation sites is 2. The van der Waals surface area contributed by atoms with E-state index < -0.39 is 0 Å². The van der Waals surface area contributed by atoms with Gasteiger partial charge >= 0.3 is 0 Å². The number of fused-ring (bicyclic) bond motifs is 8. The van der Waals surface area contributed by atoms with Gasteiger partial charge in [0.25, 0.3) is 0 Å². The Balaban J connectivity index is 1.23. The van der Waals surface area contributed by atoms with Gasteiger partial charge < -0.3 is 8.82 Å². The van der Waals surface area contributed by atoms with Crippen LogP contribution >= 0.6 is 0 Å². The summed E-state index contributed by atoms with van der Waals surface area (Å²) in [5.41, 5.74) is 10.0. The van der Waals surface area contributed by atoms with Gasteiger partial charge in [0.05, 0.1) is 16.9 Å². The van der Waals surface area contributed by atoms with E-state index in [4.69, 9.17) is 14.4 Å². The summed E-state index contributed by atoms with van der Waals surface area (Å²) in [5, 5.41) is 5.52. The number of hydrogen-bond donors (Lipinski definition) is 0. The van der Waals surface area contributed by atoms with Gasteiger partial charge in [0.1, 0.15) is 16.8 Å². The van der Waals surface area contributed by atoms with Crippen LogP contribution in [0.2, 0.25) is 0 Å². The summed E-state index contributed by atoms with van der Waals surface area (Å²) in [6, 6.07) is 44.1. The van der Waals surface area contributed by atoms with Crippen LogP contribution in [0.1, 0.15) is 0 Å². The van der Waals surface area contributed by atoms with Gasteiger partial charge in [-0.05, 0) is 47.5 Å². The van der Waals surface area contributed by atoms with Gasteiger partial charge in [0, 0.05) is 50.5 Å². The Morgan fingerprint density at radius 2 is 1.26 bits per heavy atom. The van der Waals surface area contributed by atoms with Gasteiger partial charge in [0.2, 0.25) is 0 Å². The molecule has 4 nitrogen and oxygen atoms in total. The molecule has 9 aromatic rings. The number of benzene rings is 5. The molecular formula is C38H23N3O. The van der Waals surface area contributed by atoms with E-state index in [-0.39, 0.29) is 0 Å². The Morgan fingerprint density at radius 3 is 2.19 bits per heavy atom. The molecule has 4 aromatic heterocycles. The summed E-state index contributed by atoms with van der Waals surface area (Å²) in [6.07, 6.45) is 4.24. The van der Waals surface area contributed by atoms with E-state index >= 15 is 0 Å². The van der Waals surface area contributed by atoms with E-state index in [0.717, 1.165) is 82.9 Å². The van der Waals surface area contributed by atoms with Crippen molar-refractivity contribution in [2.24, 2.45) is 0 Å². The lowest BCUT2D eigenvalue weighted by molar-refractivity contribution is 0.673. The molecule has 0 unspecified atom stereocenters. The monoisotopic (exact) mass is 537 g/mol. The van der Waals surface area contributed by atoms with Crippen LogP contribution in [0.25, 0.3) is 82.9 Å². The van der Waals surface area contributed by atoms with E-state index in [1.54, 1.807) is 0 Å². The summed E-state index contributed by atoms with van der Waals surface area (Å²) >= 11 is 0. The van der Waals surface area contributed by atoms with E-state index in [0.29, 0.717) is 0 Å². The van der Waals surface area contributed by atoms with Crippen LogP contribution in [-0.2, 0) is 0 Å². The molecule has 0 N–H and O–H groups in total. The summed E-state index contributed by atoms with van der Waals surface area (Å²) < 4.78 is 8.60. The fourth-order valence-corrected chi connectivity index (χ4v) is 6.19. The lowest BCUT2D eigenvalue weighted by Crippen LogP contribution is -1.91. The van der Waals surface area contributed by atoms with Crippen LogP contribution in [0.4, 0.5) is 0 Å². The molecule has 0 saturated carbocycles. The van der Waals surface area contributed by atoms with Gasteiger partial charge in [-0.2, -0.15) is 0 Å². The topological polar surface area (TPSA) is 43.3 Å². The lowest BCUT2D eigenvalue weighted by atomic mass is 9.96. The summed E-state index contributed by atoms with van der Waals surface area (Å²) in [4.78, 5) is 10.0. The largest absolute Gasteiger partial charge is 0.455 e. The van der Waals surface area contributed by atoms with Crippen LogP contribution in [0.3, 0.4) is 0 Å². The van der Waals surface area contributed by atoms with Crippen LogP contribution in [0, 0.1) is 0 Å². The van der Waals surface area contributed by atoms with Crippen molar-refractivity contribution in [1.29, 1.82) is 0 Å². The fraction of sp³-hybridized carbons (Fsp3) is 0. The molecule has 5 aromatic carbocycles. The molecule has 0 amide bonds. The van der Waals surface area contributed by atoms with Crippen LogP contribution in [0.15, 0.2) is 144 Å². The molecule has 42 heavy (non-hydrogen) atoms. The predicted octanol–water partition coefficient (Wildman–Crippen LogP) is 9.94. The number of aromatic nitrogens is 3. The highest BCUT2D eigenvalue weighted by molar-refractivity contribution is 6.24. The molecule has 0 atom stereocenters. The summed E-state index contributed by atoms with van der Waals surface area (Å²) in [5.74, 6) is 0. The number of furan rings is 1. The molecule has 9 rings (SSSR count). The number of imidazole rings is 1. The van der Waals surface area contributed by atoms with Gasteiger partial charge in [-0.25, -0.2) is 9.97 Å². The average Bonchev–Trinajstić information content (AvgIpc) is 3.66. The van der Waals surface area contributed by atoms with E-state index in [1.807, 2.05) is 36.4 Å². The normalized spacial score (nSPS) is 11.8. The standard InChI is InChI=1S/C38H23N3O/c1-2-9-24(10-3-1)33-23-41-22-27(17-20-35(41)39-33)25-11-8-12-26(21-25)37-31-19-18-29-28-13-5-7-16-34(28)42-38(29)36(31)30-14-4-6-15-32(30)40-37/h1-23H. The molecular weight excluding hydrogens is 514 g/mol. The van der Waals surface area contributed by atoms with Gasteiger partial charge in [-0.1, -0.05) is 91.0 Å². The fourth-order valence-electron chi connectivity index (χ4n) is 6.19. The van der Waals surface area contributed by atoms with Crippen molar-refractivity contribution in [3.05, 3.63) is 140 Å². The van der Waals surface area contributed by atoms with Crippen molar-refractivity contribution >= 4 is 49.3 Å². The van der Waals surface area contributed by atoms with Crippen molar-refractivity contribution < 1.29 is 4.42 Å². The number of nitrogens with zero attached hydrogens (tertiary/aromatic N) is 3. The van der Waals surface area contributed by atoms with E-state index in [2.05, 4.69) is 108 Å². The molecule has 0 aliphatic carbocycles. The predicted molar refractivity (Wildman–Crippen MR) is 172 cm³/mol. The van der Waals surface area contributed by atoms with Gasteiger partial charge in [0.15, 0.2) is 0 Å². The second-order valence-electron chi connectivity index (χ2n) is 10.7. The Morgan fingerprint density at radius 1 is 0.500 bits per heavy atom. The summed E-state index contributed by atoms with van der Waals surface area (Å²) in [7, 11) is 0. The molecule has 0 spiro atoms. The zero-order chi connectivity index (χ0) is 27.6. The minimum absolute atomic E-state index is 0.898. The molecule has 0 aliphatic heterocycles. The first-order valence-corrected chi connectivity index (χ1v) is 14.1. The third-order valence-corrected chi connectivity index (χ3v) is 8.20. The maximum absolute atomic E-state index is 6.50. The van der Waals surface area contributed by atoms with Crippen LogP contribution < -0.4 is 0 Å². The molecule has 0 fully saturated rings. The second kappa shape index (κ2) is 8.88. The molecule has 196 valence electrons. The first kappa shape index (κ1) is 23.0. The summed E-state index contributed by atoms with van der Waals surface area (Å²) in [6.45, 7) is 0. The zero-order valence-corrected chi connectivity index (χ0v) is 22.5. The van der Waals surface area contributed by atoms with Crippen molar-refractivity contribution in [2.45, 2.75) is 0 Å². The van der Waals surface area contributed by atoms with Gasteiger partial charge in [-0.3, -0.25) is 0 Å². The Hall–Kier alpha value is -5.74.